The second-order valence-corrected chi connectivity index (χ2v) is 4.18. The van der Waals surface area contributed by atoms with Crippen LogP contribution in [0.1, 0.15) is 6.92 Å². The molecule has 1 heterocycles. The van der Waals surface area contributed by atoms with E-state index in [-0.39, 0.29) is 0 Å². The molecule has 0 atom stereocenters. The van der Waals surface area contributed by atoms with Gasteiger partial charge in [0, 0.05) is 28.2 Å². The van der Waals surface area contributed by atoms with E-state index >= 15 is 0 Å². The molecule has 0 aliphatic heterocycles. The molecule has 90 valence electrons. The fourth-order valence-corrected chi connectivity index (χ4v) is 2.26. The summed E-state index contributed by atoms with van der Waals surface area (Å²) in [5, 5.41) is 1.23. The van der Waals surface area contributed by atoms with Gasteiger partial charge < -0.3 is 9.72 Å². The molecule has 0 amide bonds. The van der Waals surface area contributed by atoms with Crippen molar-refractivity contribution in [1.82, 2.24) is 4.98 Å². The minimum absolute atomic E-state index is 0.680. The third kappa shape index (κ3) is 1.76. The number of fused-ring (bicyclic) bond motifs is 1. The van der Waals surface area contributed by atoms with Crippen molar-refractivity contribution < 1.29 is 4.74 Å². The fourth-order valence-electron chi connectivity index (χ4n) is 2.26. The number of benzene rings is 2. The van der Waals surface area contributed by atoms with Crippen molar-refractivity contribution in [1.29, 1.82) is 0 Å². The van der Waals surface area contributed by atoms with Gasteiger partial charge in [-0.1, -0.05) is 36.4 Å². The second kappa shape index (κ2) is 4.57. The van der Waals surface area contributed by atoms with Gasteiger partial charge in [-0.2, -0.15) is 0 Å². The molecule has 2 nitrogen and oxygen atoms in total. The van der Waals surface area contributed by atoms with Crippen LogP contribution >= 0.6 is 0 Å². The highest BCUT2D eigenvalue weighted by atomic mass is 16.5. The molecule has 0 unspecified atom stereocenters. The second-order valence-electron chi connectivity index (χ2n) is 4.18. The van der Waals surface area contributed by atoms with Gasteiger partial charge in [0.25, 0.3) is 0 Å². The zero-order chi connectivity index (χ0) is 12.4. The van der Waals surface area contributed by atoms with Gasteiger partial charge in [-0.25, -0.2) is 0 Å². The van der Waals surface area contributed by atoms with Gasteiger partial charge in [0.05, 0.1) is 6.61 Å². The van der Waals surface area contributed by atoms with E-state index in [0.717, 1.165) is 16.8 Å². The molecule has 1 aromatic heterocycles. The first-order chi connectivity index (χ1) is 8.90. The van der Waals surface area contributed by atoms with Crippen LogP contribution < -0.4 is 4.74 Å². The molecule has 0 spiro atoms. The van der Waals surface area contributed by atoms with Gasteiger partial charge in [-0.15, -0.1) is 0 Å². The highest BCUT2D eigenvalue weighted by molar-refractivity contribution is 5.96. The Morgan fingerprint density at radius 3 is 2.61 bits per heavy atom. The summed E-state index contributed by atoms with van der Waals surface area (Å²) >= 11 is 0. The molecular formula is C16H15NO. The van der Waals surface area contributed by atoms with Crippen LogP contribution in [-0.4, -0.2) is 11.6 Å². The largest absolute Gasteiger partial charge is 0.493 e. The van der Waals surface area contributed by atoms with Crippen LogP contribution in [0.2, 0.25) is 0 Å². The summed E-state index contributed by atoms with van der Waals surface area (Å²) in [4.78, 5) is 3.30. The first-order valence-electron chi connectivity index (χ1n) is 6.18. The number of aromatic nitrogens is 1. The lowest BCUT2D eigenvalue weighted by Gasteiger charge is -2.09. The molecule has 0 aliphatic carbocycles. The first-order valence-corrected chi connectivity index (χ1v) is 6.18. The number of nitrogens with one attached hydrogen (secondary N) is 1. The molecule has 0 bridgehead atoms. The lowest BCUT2D eigenvalue weighted by atomic mass is 10.0. The molecule has 2 aromatic carbocycles. The lowest BCUT2D eigenvalue weighted by molar-refractivity contribution is 0.341. The molecule has 0 fully saturated rings. The minimum Gasteiger partial charge on any atom is -0.493 e. The topological polar surface area (TPSA) is 25.0 Å². The van der Waals surface area contributed by atoms with Crippen LogP contribution in [0.25, 0.3) is 22.0 Å². The summed E-state index contributed by atoms with van der Waals surface area (Å²) in [6.45, 7) is 2.69. The van der Waals surface area contributed by atoms with Gasteiger partial charge in [0.1, 0.15) is 5.75 Å². The first kappa shape index (κ1) is 10.9. The van der Waals surface area contributed by atoms with Gasteiger partial charge in [0.15, 0.2) is 0 Å². The summed E-state index contributed by atoms with van der Waals surface area (Å²) in [7, 11) is 0. The van der Waals surface area contributed by atoms with Crippen LogP contribution in [-0.2, 0) is 0 Å². The van der Waals surface area contributed by atoms with E-state index in [0.29, 0.717) is 6.61 Å². The van der Waals surface area contributed by atoms with Crippen LogP contribution in [0, 0.1) is 0 Å². The Balaban J connectivity index is 2.20. The molecule has 3 aromatic rings. The van der Waals surface area contributed by atoms with Gasteiger partial charge in [-0.3, -0.25) is 0 Å². The number of hydrogen-bond acceptors (Lipinski definition) is 1. The highest BCUT2D eigenvalue weighted by Gasteiger charge is 2.09. The van der Waals surface area contributed by atoms with Gasteiger partial charge >= 0.3 is 0 Å². The van der Waals surface area contributed by atoms with Crippen LogP contribution in [0.5, 0.6) is 5.75 Å². The standard InChI is InChI=1S/C16H15NO/c1-2-18-16-10-6-4-8-13(16)14-11-17-15-9-5-3-7-12(14)15/h3-11,17H,2H2,1H3. The molecule has 0 saturated heterocycles. The van der Waals surface area contributed by atoms with Crippen LogP contribution in [0.15, 0.2) is 54.7 Å². The monoisotopic (exact) mass is 237 g/mol. The Morgan fingerprint density at radius 1 is 0.944 bits per heavy atom. The third-order valence-electron chi connectivity index (χ3n) is 3.07. The Hall–Kier alpha value is -2.22. The van der Waals surface area contributed by atoms with E-state index in [2.05, 4.69) is 29.2 Å². The van der Waals surface area contributed by atoms with Crippen molar-refractivity contribution in [3.8, 4) is 16.9 Å². The SMILES string of the molecule is CCOc1ccccc1-c1c[nH]c2ccccc12. The van der Waals surface area contributed by atoms with Crippen molar-refractivity contribution in [2.24, 2.45) is 0 Å². The minimum atomic E-state index is 0.680. The maximum absolute atomic E-state index is 5.70. The van der Waals surface area contributed by atoms with E-state index < -0.39 is 0 Å². The fraction of sp³-hybridized carbons (Fsp3) is 0.125. The Kier molecular flexibility index (Phi) is 2.77. The molecular weight excluding hydrogens is 222 g/mol. The smallest absolute Gasteiger partial charge is 0.127 e. The average molecular weight is 237 g/mol. The zero-order valence-electron chi connectivity index (χ0n) is 10.3. The van der Waals surface area contributed by atoms with Crippen LogP contribution in [0.4, 0.5) is 0 Å². The normalized spacial score (nSPS) is 10.7. The molecule has 0 saturated carbocycles. The Bertz CT molecular complexity index is 669. The van der Waals surface area contributed by atoms with Crippen molar-refractivity contribution >= 4 is 10.9 Å². The van der Waals surface area contributed by atoms with E-state index in [1.54, 1.807) is 0 Å². The van der Waals surface area contributed by atoms with Crippen molar-refractivity contribution in [2.45, 2.75) is 6.92 Å². The summed E-state index contributed by atoms with van der Waals surface area (Å²) in [5.74, 6) is 0.935. The average Bonchev–Trinajstić information content (AvgIpc) is 2.84. The number of hydrogen-bond donors (Lipinski definition) is 1. The third-order valence-corrected chi connectivity index (χ3v) is 3.07. The van der Waals surface area contributed by atoms with Crippen LogP contribution in [0.3, 0.4) is 0 Å². The van der Waals surface area contributed by atoms with E-state index in [1.165, 1.54) is 10.9 Å². The quantitative estimate of drug-likeness (QED) is 0.724. The van der Waals surface area contributed by atoms with Gasteiger partial charge in [0.2, 0.25) is 0 Å². The maximum Gasteiger partial charge on any atom is 0.127 e. The van der Waals surface area contributed by atoms with Crippen molar-refractivity contribution in [3.63, 3.8) is 0 Å². The molecule has 2 heteroatoms. The number of aromatic amines is 1. The zero-order valence-corrected chi connectivity index (χ0v) is 10.3. The predicted octanol–water partition coefficient (Wildman–Crippen LogP) is 4.23. The molecule has 1 N–H and O–H groups in total. The van der Waals surface area contributed by atoms with Crippen molar-refractivity contribution in [2.75, 3.05) is 6.61 Å². The Labute approximate surface area is 106 Å². The molecule has 18 heavy (non-hydrogen) atoms. The summed E-state index contributed by atoms with van der Waals surface area (Å²) in [6, 6.07) is 16.5. The van der Waals surface area contributed by atoms with E-state index in [1.807, 2.05) is 37.4 Å². The number of ether oxygens (including phenoxy) is 1. The lowest BCUT2D eigenvalue weighted by Crippen LogP contribution is -1.93. The summed E-state index contributed by atoms with van der Waals surface area (Å²) in [5.41, 5.74) is 3.48. The maximum atomic E-state index is 5.70. The highest BCUT2D eigenvalue weighted by Crippen LogP contribution is 2.34. The summed E-state index contributed by atoms with van der Waals surface area (Å²) < 4.78 is 5.70. The predicted molar refractivity (Wildman–Crippen MR) is 74.9 cm³/mol. The van der Waals surface area contributed by atoms with E-state index in [9.17, 15) is 0 Å². The number of para-hydroxylation sites is 2. The van der Waals surface area contributed by atoms with E-state index in [4.69, 9.17) is 4.74 Å². The molecule has 0 aliphatic rings. The number of H-pyrrole nitrogens is 1. The Morgan fingerprint density at radius 2 is 1.72 bits per heavy atom. The van der Waals surface area contributed by atoms with Gasteiger partial charge in [-0.05, 0) is 19.1 Å². The number of rotatable bonds is 3. The summed E-state index contributed by atoms with van der Waals surface area (Å²) in [6.07, 6.45) is 2.04. The van der Waals surface area contributed by atoms with Crippen molar-refractivity contribution in [3.05, 3.63) is 54.7 Å². The molecule has 3 rings (SSSR count). The molecule has 0 radical (unpaired) electrons.